The number of carbonyl (C=O) groups is 5. The standard InChI is InChI=1S/C24H35N7O8/c25-15(3-1-9-28-24(26)27)20(35)29-16(12-19(33)34)22(37)31-10-2-4-18(31)21(36)30-17(23(38)39)11-13-5-7-14(32)8-6-13/h5-8,15-18,32H,1-4,9-12,25H2,(H,29,35)(H,30,36)(H,33,34)(H,38,39)(H4,26,27,28). The number of hydrogen-bond acceptors (Lipinski definition) is 8. The third kappa shape index (κ3) is 9.77. The number of aliphatic imine (C=N–C) groups is 1. The van der Waals surface area contributed by atoms with Gasteiger partial charge in [-0.15, -0.1) is 0 Å². The lowest BCUT2D eigenvalue weighted by atomic mass is 10.0. The topological polar surface area (TPSA) is 264 Å². The maximum absolute atomic E-state index is 13.3. The van der Waals surface area contributed by atoms with E-state index in [1.54, 1.807) is 0 Å². The van der Waals surface area contributed by atoms with Crippen molar-refractivity contribution in [2.45, 2.75) is 62.7 Å². The highest BCUT2D eigenvalue weighted by Crippen LogP contribution is 2.20. The van der Waals surface area contributed by atoms with Crippen molar-refractivity contribution in [2.24, 2.45) is 22.2 Å². The van der Waals surface area contributed by atoms with Crippen molar-refractivity contribution in [1.82, 2.24) is 15.5 Å². The molecule has 1 heterocycles. The van der Waals surface area contributed by atoms with Crippen molar-refractivity contribution in [3.8, 4) is 5.75 Å². The van der Waals surface area contributed by atoms with Crippen LogP contribution in [0.25, 0.3) is 0 Å². The van der Waals surface area contributed by atoms with Crippen LogP contribution in [-0.2, 0) is 30.4 Å². The lowest BCUT2D eigenvalue weighted by molar-refractivity contribution is -0.147. The molecule has 1 aliphatic rings. The first-order valence-corrected chi connectivity index (χ1v) is 12.3. The summed E-state index contributed by atoms with van der Waals surface area (Å²) in [4.78, 5) is 67.0. The number of phenols is 1. The number of rotatable bonds is 14. The smallest absolute Gasteiger partial charge is 0.326 e. The second-order valence-electron chi connectivity index (χ2n) is 9.17. The molecule has 0 saturated carbocycles. The normalized spacial score (nSPS) is 16.9. The summed E-state index contributed by atoms with van der Waals surface area (Å²) in [5.74, 6) is -5.01. The second kappa shape index (κ2) is 14.5. The molecule has 1 fully saturated rings. The highest BCUT2D eigenvalue weighted by molar-refractivity contribution is 5.96. The van der Waals surface area contributed by atoms with Crippen LogP contribution in [0.4, 0.5) is 0 Å². The summed E-state index contributed by atoms with van der Waals surface area (Å²) in [7, 11) is 0. The van der Waals surface area contributed by atoms with Gasteiger partial charge >= 0.3 is 11.9 Å². The number of nitrogens with two attached hydrogens (primary N) is 3. The van der Waals surface area contributed by atoms with Gasteiger partial charge in [-0.25, -0.2) is 4.79 Å². The zero-order chi connectivity index (χ0) is 29.1. The van der Waals surface area contributed by atoms with E-state index in [0.29, 0.717) is 18.4 Å². The fourth-order valence-electron chi connectivity index (χ4n) is 4.14. The minimum atomic E-state index is -1.49. The number of phenolic OH excluding ortho intramolecular Hbond substituents is 1. The van der Waals surface area contributed by atoms with Crippen LogP contribution in [0, 0.1) is 0 Å². The molecule has 1 aromatic carbocycles. The molecule has 0 aromatic heterocycles. The van der Waals surface area contributed by atoms with Crippen LogP contribution in [-0.4, -0.2) is 93.1 Å². The van der Waals surface area contributed by atoms with Crippen LogP contribution in [0.3, 0.4) is 0 Å². The average Bonchev–Trinajstić information content (AvgIpc) is 3.36. The zero-order valence-corrected chi connectivity index (χ0v) is 21.3. The highest BCUT2D eigenvalue weighted by Gasteiger charge is 2.39. The van der Waals surface area contributed by atoms with Gasteiger partial charge in [0.1, 0.15) is 23.9 Å². The first-order valence-electron chi connectivity index (χ1n) is 12.3. The predicted octanol–water partition coefficient (Wildman–Crippen LogP) is -2.16. The number of hydrogen-bond donors (Lipinski definition) is 8. The van der Waals surface area contributed by atoms with E-state index in [1.807, 2.05) is 0 Å². The Bertz CT molecular complexity index is 1070. The Labute approximate surface area is 224 Å². The lowest BCUT2D eigenvalue weighted by Crippen LogP contribution is -2.57. The number of guanidine groups is 1. The van der Waals surface area contributed by atoms with E-state index in [9.17, 15) is 39.3 Å². The minimum absolute atomic E-state index is 0.00433. The predicted molar refractivity (Wildman–Crippen MR) is 138 cm³/mol. The van der Waals surface area contributed by atoms with Crippen LogP contribution in [0.5, 0.6) is 5.75 Å². The van der Waals surface area contributed by atoms with Gasteiger partial charge in [0.2, 0.25) is 17.7 Å². The monoisotopic (exact) mass is 549 g/mol. The number of carbonyl (C=O) groups excluding carboxylic acids is 3. The Kier molecular flexibility index (Phi) is 11.5. The average molecular weight is 550 g/mol. The maximum Gasteiger partial charge on any atom is 0.326 e. The van der Waals surface area contributed by atoms with E-state index in [4.69, 9.17) is 17.2 Å². The van der Waals surface area contributed by atoms with Gasteiger partial charge in [0.15, 0.2) is 5.96 Å². The number of aliphatic carboxylic acids is 2. The summed E-state index contributed by atoms with van der Waals surface area (Å²) in [6.07, 6.45) is 0.366. The third-order valence-electron chi connectivity index (χ3n) is 6.13. The summed E-state index contributed by atoms with van der Waals surface area (Å²) in [5, 5.41) is 33.1. The number of carboxylic acid groups (broad SMARTS) is 2. The summed E-state index contributed by atoms with van der Waals surface area (Å²) in [6.45, 7) is 0.346. The van der Waals surface area contributed by atoms with Crippen molar-refractivity contribution in [3.05, 3.63) is 29.8 Å². The molecule has 15 heteroatoms. The van der Waals surface area contributed by atoms with Crippen LogP contribution in [0.15, 0.2) is 29.3 Å². The largest absolute Gasteiger partial charge is 0.508 e. The molecule has 0 aliphatic carbocycles. The molecule has 11 N–H and O–H groups in total. The highest BCUT2D eigenvalue weighted by atomic mass is 16.4. The van der Waals surface area contributed by atoms with E-state index < -0.39 is 60.2 Å². The van der Waals surface area contributed by atoms with Crippen LogP contribution in [0.1, 0.15) is 37.7 Å². The number of benzene rings is 1. The van der Waals surface area contributed by atoms with Gasteiger partial charge in [-0.1, -0.05) is 12.1 Å². The van der Waals surface area contributed by atoms with Gasteiger partial charge in [0, 0.05) is 19.5 Å². The van der Waals surface area contributed by atoms with Crippen molar-refractivity contribution in [1.29, 1.82) is 0 Å². The lowest BCUT2D eigenvalue weighted by Gasteiger charge is -2.29. The molecular formula is C24H35N7O8. The molecule has 4 atom stereocenters. The second-order valence-corrected chi connectivity index (χ2v) is 9.17. The number of nitrogens with one attached hydrogen (secondary N) is 2. The van der Waals surface area contributed by atoms with Gasteiger partial charge in [-0.2, -0.15) is 0 Å². The van der Waals surface area contributed by atoms with E-state index in [0.717, 1.165) is 4.90 Å². The fraction of sp³-hybridized carbons (Fsp3) is 0.500. The van der Waals surface area contributed by atoms with Crippen molar-refractivity contribution < 1.29 is 39.3 Å². The number of likely N-dealkylation sites (tertiary alicyclic amines) is 1. The Morgan fingerprint density at radius 1 is 1.05 bits per heavy atom. The SMILES string of the molecule is NC(N)=NCCCC(N)C(=O)NC(CC(=O)O)C(=O)N1CCCC1C(=O)NC(Cc1ccc(O)cc1)C(=O)O. The fourth-order valence-corrected chi connectivity index (χ4v) is 4.14. The molecule has 0 bridgehead atoms. The Morgan fingerprint density at radius 3 is 2.31 bits per heavy atom. The summed E-state index contributed by atoms with van der Waals surface area (Å²) in [6, 6.07) is 0.907. The minimum Gasteiger partial charge on any atom is -0.508 e. The number of aromatic hydroxyl groups is 1. The molecule has 2 rings (SSSR count). The molecular weight excluding hydrogens is 514 g/mol. The first kappa shape index (κ1) is 30.8. The molecule has 3 amide bonds. The Morgan fingerprint density at radius 2 is 1.72 bits per heavy atom. The number of carboxylic acids is 2. The zero-order valence-electron chi connectivity index (χ0n) is 21.3. The molecule has 1 saturated heterocycles. The van der Waals surface area contributed by atoms with Crippen LogP contribution in [0.2, 0.25) is 0 Å². The Hall–Kier alpha value is -4.40. The van der Waals surface area contributed by atoms with Gasteiger partial charge in [0.05, 0.1) is 12.5 Å². The number of amides is 3. The van der Waals surface area contributed by atoms with Gasteiger partial charge in [-0.3, -0.25) is 24.2 Å². The summed E-state index contributed by atoms with van der Waals surface area (Å²) >= 11 is 0. The quantitative estimate of drug-likeness (QED) is 0.0703. The van der Waals surface area contributed by atoms with Gasteiger partial charge in [-0.05, 0) is 43.4 Å². The maximum atomic E-state index is 13.3. The molecule has 15 nitrogen and oxygen atoms in total. The molecule has 4 unspecified atom stereocenters. The van der Waals surface area contributed by atoms with Gasteiger partial charge < -0.3 is 48.1 Å². The molecule has 214 valence electrons. The number of nitrogens with zero attached hydrogens (tertiary/aromatic N) is 2. The van der Waals surface area contributed by atoms with Crippen molar-refractivity contribution in [3.63, 3.8) is 0 Å². The Balaban J connectivity index is 2.07. The van der Waals surface area contributed by atoms with Gasteiger partial charge in [0.25, 0.3) is 0 Å². The summed E-state index contributed by atoms with van der Waals surface area (Å²) in [5.41, 5.74) is 16.9. The van der Waals surface area contributed by atoms with E-state index in [1.165, 1.54) is 24.3 Å². The van der Waals surface area contributed by atoms with E-state index in [-0.39, 0.29) is 44.1 Å². The van der Waals surface area contributed by atoms with Crippen molar-refractivity contribution >= 4 is 35.6 Å². The molecule has 1 aliphatic heterocycles. The van der Waals surface area contributed by atoms with E-state index in [2.05, 4.69) is 15.6 Å². The molecule has 0 spiro atoms. The molecule has 0 radical (unpaired) electrons. The molecule has 1 aromatic rings. The molecule has 39 heavy (non-hydrogen) atoms. The van der Waals surface area contributed by atoms with Crippen LogP contribution >= 0.6 is 0 Å². The first-order chi connectivity index (χ1) is 18.4. The van der Waals surface area contributed by atoms with E-state index >= 15 is 0 Å². The van der Waals surface area contributed by atoms with Crippen LogP contribution < -0.4 is 27.8 Å². The summed E-state index contributed by atoms with van der Waals surface area (Å²) < 4.78 is 0. The van der Waals surface area contributed by atoms with Crippen molar-refractivity contribution in [2.75, 3.05) is 13.1 Å². The third-order valence-corrected chi connectivity index (χ3v) is 6.13.